The van der Waals surface area contributed by atoms with Crippen LogP contribution in [0.5, 0.6) is 0 Å². The van der Waals surface area contributed by atoms with Gasteiger partial charge in [-0.1, -0.05) is 0 Å². The van der Waals surface area contributed by atoms with Gasteiger partial charge in [0, 0.05) is 51.5 Å². The molecule has 0 aromatic rings. The summed E-state index contributed by atoms with van der Waals surface area (Å²) in [7, 11) is 0. The predicted octanol–water partition coefficient (Wildman–Crippen LogP) is 1.23. The topological polar surface area (TPSA) is 52.7 Å². The summed E-state index contributed by atoms with van der Waals surface area (Å²) in [5.41, 5.74) is -0.499. The van der Waals surface area contributed by atoms with Crippen LogP contribution in [-0.2, 0) is 9.59 Å². The first-order valence-corrected chi connectivity index (χ1v) is 9.10. The maximum atomic E-state index is 13.0. The van der Waals surface area contributed by atoms with Crippen molar-refractivity contribution in [2.45, 2.75) is 50.0 Å². The molecule has 2 aliphatic carbocycles. The van der Waals surface area contributed by atoms with Crippen LogP contribution in [-0.4, -0.2) is 65.8 Å². The van der Waals surface area contributed by atoms with Crippen LogP contribution in [0.4, 0.5) is 8.78 Å². The fraction of sp³-hybridized carbons (Fsp3) is 0.882. The number of piperazine rings is 1. The van der Waals surface area contributed by atoms with Gasteiger partial charge in [0.15, 0.2) is 0 Å². The summed E-state index contributed by atoms with van der Waals surface area (Å²) >= 11 is 0. The quantitative estimate of drug-likeness (QED) is 0.840. The van der Waals surface area contributed by atoms with Crippen LogP contribution < -0.4 is 5.32 Å². The summed E-state index contributed by atoms with van der Waals surface area (Å²) in [6.07, 6.45) is 3.08. The molecular weight excluding hydrogens is 316 g/mol. The third-order valence-corrected chi connectivity index (χ3v) is 6.21. The van der Waals surface area contributed by atoms with Gasteiger partial charge in [-0.05, 0) is 31.6 Å². The summed E-state index contributed by atoms with van der Waals surface area (Å²) in [5.74, 6) is -2.55. The van der Waals surface area contributed by atoms with Crippen molar-refractivity contribution in [3.05, 3.63) is 0 Å². The minimum atomic E-state index is -2.67. The van der Waals surface area contributed by atoms with E-state index >= 15 is 0 Å². The van der Waals surface area contributed by atoms with E-state index in [-0.39, 0.29) is 24.7 Å². The number of nitrogens with one attached hydrogen (secondary N) is 1. The molecule has 0 aromatic carbocycles. The number of carbonyl (C=O) groups is 2. The lowest BCUT2D eigenvalue weighted by atomic mass is 9.78. The average Bonchev–Trinajstić information content (AvgIpc) is 3.34. The number of carbonyl (C=O) groups excluding carboxylic acids is 2. The molecule has 134 valence electrons. The predicted molar refractivity (Wildman–Crippen MR) is 83.5 cm³/mol. The number of likely N-dealkylation sites (tertiary alicyclic amines) is 1. The first kappa shape index (κ1) is 16.2. The van der Waals surface area contributed by atoms with Crippen molar-refractivity contribution in [3.63, 3.8) is 0 Å². The number of alkyl halides is 2. The number of piperidine rings is 1. The summed E-state index contributed by atoms with van der Waals surface area (Å²) in [6.45, 7) is 3.51. The minimum absolute atomic E-state index is 0.0803. The van der Waals surface area contributed by atoms with Crippen molar-refractivity contribution in [1.82, 2.24) is 15.1 Å². The van der Waals surface area contributed by atoms with Gasteiger partial charge in [0.25, 0.3) is 0 Å². The Bertz CT molecular complexity index is 534. The molecule has 4 fully saturated rings. The lowest BCUT2D eigenvalue weighted by molar-refractivity contribution is -0.164. The molecule has 7 heteroatoms. The van der Waals surface area contributed by atoms with Crippen molar-refractivity contribution in [2.24, 2.45) is 11.8 Å². The second kappa shape index (κ2) is 5.64. The van der Waals surface area contributed by atoms with Gasteiger partial charge in [-0.3, -0.25) is 14.5 Å². The van der Waals surface area contributed by atoms with Gasteiger partial charge >= 0.3 is 0 Å². The van der Waals surface area contributed by atoms with E-state index in [0.717, 1.165) is 13.1 Å². The normalized spacial score (nSPS) is 30.1. The number of halogens is 2. The van der Waals surface area contributed by atoms with Crippen LogP contribution in [0, 0.1) is 11.8 Å². The lowest BCUT2D eigenvalue weighted by Crippen LogP contribution is -2.68. The molecule has 5 nitrogen and oxygen atoms in total. The van der Waals surface area contributed by atoms with Gasteiger partial charge < -0.3 is 10.2 Å². The van der Waals surface area contributed by atoms with Crippen LogP contribution in [0.1, 0.15) is 38.5 Å². The monoisotopic (exact) mass is 341 g/mol. The molecule has 2 aliphatic heterocycles. The van der Waals surface area contributed by atoms with Crippen LogP contribution in [0.25, 0.3) is 0 Å². The zero-order valence-electron chi connectivity index (χ0n) is 13.9. The molecule has 1 N–H and O–H groups in total. The second-order valence-electron chi connectivity index (χ2n) is 7.96. The summed E-state index contributed by atoms with van der Waals surface area (Å²) < 4.78 is 26.0. The number of amides is 2. The van der Waals surface area contributed by atoms with Crippen molar-refractivity contribution in [1.29, 1.82) is 0 Å². The third-order valence-electron chi connectivity index (χ3n) is 6.21. The molecule has 2 heterocycles. The number of rotatable bonds is 3. The van der Waals surface area contributed by atoms with E-state index in [4.69, 9.17) is 0 Å². The van der Waals surface area contributed by atoms with Gasteiger partial charge in [-0.25, -0.2) is 8.78 Å². The van der Waals surface area contributed by atoms with E-state index < -0.39 is 17.4 Å². The second-order valence-corrected chi connectivity index (χ2v) is 7.96. The SMILES string of the molecule is O=C(C1CC(F)(F)C1)N1CCC2(CC1)C(=O)NCCN2CC1CC1. The number of hydrogen-bond donors (Lipinski definition) is 1. The molecule has 0 aromatic heterocycles. The van der Waals surface area contributed by atoms with Crippen LogP contribution >= 0.6 is 0 Å². The van der Waals surface area contributed by atoms with Gasteiger partial charge in [-0.15, -0.1) is 0 Å². The van der Waals surface area contributed by atoms with Crippen molar-refractivity contribution < 1.29 is 18.4 Å². The highest BCUT2D eigenvalue weighted by Crippen LogP contribution is 2.44. The first-order valence-electron chi connectivity index (χ1n) is 9.10. The van der Waals surface area contributed by atoms with Crippen LogP contribution in [0.2, 0.25) is 0 Å². The Labute approximate surface area is 140 Å². The van der Waals surface area contributed by atoms with E-state index in [1.54, 1.807) is 4.90 Å². The zero-order chi connectivity index (χ0) is 16.9. The Balaban J connectivity index is 1.39. The largest absolute Gasteiger partial charge is 0.353 e. The number of nitrogens with zero attached hydrogens (tertiary/aromatic N) is 2. The van der Waals surface area contributed by atoms with E-state index in [2.05, 4.69) is 10.2 Å². The highest BCUT2D eigenvalue weighted by molar-refractivity contribution is 5.88. The molecule has 2 amide bonds. The maximum Gasteiger partial charge on any atom is 0.249 e. The van der Waals surface area contributed by atoms with Gasteiger partial charge in [0.05, 0.1) is 0 Å². The lowest BCUT2D eigenvalue weighted by Gasteiger charge is -2.51. The van der Waals surface area contributed by atoms with E-state index in [0.29, 0.717) is 38.4 Å². The molecule has 2 saturated heterocycles. The smallest absolute Gasteiger partial charge is 0.249 e. The van der Waals surface area contributed by atoms with Gasteiger partial charge in [0.1, 0.15) is 5.54 Å². The van der Waals surface area contributed by atoms with E-state index in [1.807, 2.05) is 0 Å². The Kier molecular flexibility index (Phi) is 3.82. The molecule has 1 spiro atoms. The molecule has 24 heavy (non-hydrogen) atoms. The fourth-order valence-electron chi connectivity index (χ4n) is 4.44. The zero-order valence-corrected chi connectivity index (χ0v) is 13.9. The Morgan fingerprint density at radius 1 is 1.17 bits per heavy atom. The molecule has 4 aliphatic rings. The Hall–Kier alpha value is -1.24. The summed E-state index contributed by atoms with van der Waals surface area (Å²) in [6, 6.07) is 0. The molecule has 4 rings (SSSR count). The fourth-order valence-corrected chi connectivity index (χ4v) is 4.44. The summed E-state index contributed by atoms with van der Waals surface area (Å²) in [4.78, 5) is 29.0. The molecule has 2 saturated carbocycles. The first-order chi connectivity index (χ1) is 11.4. The van der Waals surface area contributed by atoms with E-state index in [9.17, 15) is 18.4 Å². The molecule has 0 unspecified atom stereocenters. The Morgan fingerprint density at radius 3 is 2.42 bits per heavy atom. The molecule has 0 radical (unpaired) electrons. The van der Waals surface area contributed by atoms with Crippen molar-refractivity contribution in [3.8, 4) is 0 Å². The van der Waals surface area contributed by atoms with Gasteiger partial charge in [0.2, 0.25) is 17.7 Å². The van der Waals surface area contributed by atoms with Crippen LogP contribution in [0.3, 0.4) is 0 Å². The van der Waals surface area contributed by atoms with Crippen molar-refractivity contribution >= 4 is 11.8 Å². The highest BCUT2D eigenvalue weighted by Gasteiger charge is 2.53. The van der Waals surface area contributed by atoms with Crippen molar-refractivity contribution in [2.75, 3.05) is 32.7 Å². The highest BCUT2D eigenvalue weighted by atomic mass is 19.3. The average molecular weight is 341 g/mol. The standard InChI is InChI=1S/C17H25F2N3O2/c18-17(19)9-13(10-17)14(23)21-6-3-16(4-7-21)15(24)20-5-8-22(16)11-12-1-2-12/h12-13H,1-11H2,(H,20,24). The Morgan fingerprint density at radius 2 is 1.83 bits per heavy atom. The van der Waals surface area contributed by atoms with E-state index in [1.165, 1.54) is 12.8 Å². The van der Waals surface area contributed by atoms with Crippen LogP contribution in [0.15, 0.2) is 0 Å². The number of hydrogen-bond acceptors (Lipinski definition) is 3. The molecular formula is C17H25F2N3O2. The maximum absolute atomic E-state index is 13.0. The minimum Gasteiger partial charge on any atom is -0.353 e. The van der Waals surface area contributed by atoms with Gasteiger partial charge in [-0.2, -0.15) is 0 Å². The molecule has 0 atom stereocenters. The third kappa shape index (κ3) is 2.80. The summed E-state index contributed by atoms with van der Waals surface area (Å²) in [5, 5.41) is 2.98. The molecule has 0 bridgehead atoms.